The molecule has 1 aliphatic heterocycles. The van der Waals surface area contributed by atoms with Gasteiger partial charge in [-0.1, -0.05) is 6.08 Å². The molecule has 0 aliphatic carbocycles. The van der Waals surface area contributed by atoms with Gasteiger partial charge in [0.05, 0.1) is 6.10 Å². The van der Waals surface area contributed by atoms with Crippen molar-refractivity contribution in [2.24, 2.45) is 0 Å². The van der Waals surface area contributed by atoms with E-state index in [-0.39, 0.29) is 6.42 Å². The van der Waals surface area contributed by atoms with Crippen LogP contribution in [0, 0.1) is 0 Å². The molecule has 0 aromatic carbocycles. The molecular weight excluding hydrogens is 331 g/mol. The third kappa shape index (κ3) is 4.16. The summed E-state index contributed by atoms with van der Waals surface area (Å²) in [4.78, 5) is 26.0. The molecule has 24 heavy (non-hydrogen) atoms. The number of aliphatic hydroxyl groups is 2. The lowest BCUT2D eigenvalue weighted by Gasteiger charge is -2.19. The van der Waals surface area contributed by atoms with Crippen molar-refractivity contribution in [1.82, 2.24) is 9.55 Å². The van der Waals surface area contributed by atoms with Crippen LogP contribution in [0.4, 0.5) is 0 Å². The van der Waals surface area contributed by atoms with E-state index in [4.69, 9.17) is 4.74 Å². The average molecular weight is 356 g/mol. The number of hydrogen-bond acceptors (Lipinski definition) is 5. The highest BCUT2D eigenvalue weighted by Crippen LogP contribution is 2.39. The molecule has 0 spiro atoms. The SMILES string of the molecule is C=CCc1cn([C@@H]2O[C@H](CCP(=C)(C)C)[C@@H](O)C2O)c(=O)[nH]c1=O. The Labute approximate surface area is 140 Å². The molecule has 2 rings (SSSR count). The number of allylic oxidation sites excluding steroid dienone is 1. The molecule has 1 aromatic rings. The largest absolute Gasteiger partial charge is 0.388 e. The first-order chi connectivity index (χ1) is 11.1. The Balaban J connectivity index is 2.28. The van der Waals surface area contributed by atoms with Crippen molar-refractivity contribution in [3.8, 4) is 0 Å². The molecule has 1 fully saturated rings. The third-order valence-corrected chi connectivity index (χ3v) is 5.50. The summed E-state index contributed by atoms with van der Waals surface area (Å²) in [5, 5.41) is 20.5. The minimum absolute atomic E-state index is 0.282. The Hall–Kier alpha value is -1.40. The minimum atomic E-state index is -1.29. The van der Waals surface area contributed by atoms with Gasteiger partial charge in [0.15, 0.2) is 6.23 Å². The second-order valence-electron chi connectivity index (χ2n) is 6.81. The Morgan fingerprint density at radius 1 is 1.38 bits per heavy atom. The van der Waals surface area contributed by atoms with Crippen molar-refractivity contribution in [2.75, 3.05) is 19.5 Å². The summed E-state index contributed by atoms with van der Waals surface area (Å²) < 4.78 is 6.85. The van der Waals surface area contributed by atoms with Crippen LogP contribution in [0.2, 0.25) is 0 Å². The van der Waals surface area contributed by atoms with Crippen LogP contribution in [0.5, 0.6) is 0 Å². The summed E-state index contributed by atoms with van der Waals surface area (Å²) in [5.41, 5.74) is -0.845. The highest BCUT2D eigenvalue weighted by molar-refractivity contribution is 7.72. The molecular formula is C16H25N2O5P. The maximum atomic E-state index is 12.1. The van der Waals surface area contributed by atoms with Gasteiger partial charge in [0.1, 0.15) is 12.2 Å². The molecule has 1 aliphatic rings. The van der Waals surface area contributed by atoms with Gasteiger partial charge < -0.3 is 14.9 Å². The zero-order valence-electron chi connectivity index (χ0n) is 14.0. The number of ether oxygens (including phenoxy) is 1. The van der Waals surface area contributed by atoms with E-state index >= 15 is 0 Å². The van der Waals surface area contributed by atoms with Gasteiger partial charge in [-0.05, 0) is 32.3 Å². The van der Waals surface area contributed by atoms with Crippen LogP contribution in [0.1, 0.15) is 18.2 Å². The van der Waals surface area contributed by atoms with Gasteiger partial charge in [-0.15, -0.1) is 19.8 Å². The Morgan fingerprint density at radius 3 is 2.62 bits per heavy atom. The lowest BCUT2D eigenvalue weighted by atomic mass is 10.1. The van der Waals surface area contributed by atoms with E-state index in [0.29, 0.717) is 12.0 Å². The molecule has 0 saturated carbocycles. The minimum Gasteiger partial charge on any atom is -0.388 e. The molecule has 1 aromatic heterocycles. The van der Waals surface area contributed by atoms with Gasteiger partial charge in [0.2, 0.25) is 0 Å². The van der Waals surface area contributed by atoms with Crippen LogP contribution >= 0.6 is 6.89 Å². The van der Waals surface area contributed by atoms with Crippen molar-refractivity contribution < 1.29 is 14.9 Å². The van der Waals surface area contributed by atoms with Crippen LogP contribution in [-0.4, -0.2) is 63.9 Å². The highest BCUT2D eigenvalue weighted by Gasteiger charge is 2.43. The first-order valence-electron chi connectivity index (χ1n) is 7.78. The zero-order chi connectivity index (χ0) is 18.1. The van der Waals surface area contributed by atoms with E-state index in [9.17, 15) is 19.8 Å². The van der Waals surface area contributed by atoms with E-state index in [1.54, 1.807) is 6.08 Å². The number of nitrogens with one attached hydrogen (secondary N) is 1. The van der Waals surface area contributed by atoms with E-state index < -0.39 is 42.7 Å². The summed E-state index contributed by atoms with van der Waals surface area (Å²) in [6.07, 6.45) is 4.69. The van der Waals surface area contributed by atoms with Gasteiger partial charge in [0.25, 0.3) is 5.56 Å². The van der Waals surface area contributed by atoms with Crippen LogP contribution in [0.15, 0.2) is 28.4 Å². The Kier molecular flexibility index (Phi) is 5.71. The predicted octanol–water partition coefficient (Wildman–Crippen LogP) is -0.0164. The van der Waals surface area contributed by atoms with E-state index in [1.807, 2.05) is 0 Å². The molecule has 4 atom stereocenters. The molecule has 7 nitrogen and oxygen atoms in total. The first-order valence-corrected chi connectivity index (χ1v) is 10.8. The number of rotatable bonds is 6. The summed E-state index contributed by atoms with van der Waals surface area (Å²) in [6, 6.07) is 0. The molecule has 2 heterocycles. The quantitative estimate of drug-likeness (QED) is 0.491. The molecule has 1 unspecified atom stereocenters. The standard InChI is InChI=1S/C16H25N2O5P/c1-5-6-10-9-18(16(22)17-14(10)21)15-13(20)12(19)11(23-15)7-8-24(2,3)4/h5,9,11-13,15,19-20H,1-2,6-8H2,3-4H3,(H,17,21,22)/t11-,12-,13?,15-/m1/s1. The van der Waals surface area contributed by atoms with Gasteiger partial charge in [-0.2, -0.15) is 0 Å². The topological polar surface area (TPSA) is 105 Å². The van der Waals surface area contributed by atoms with Crippen LogP contribution in [0.3, 0.4) is 0 Å². The molecule has 134 valence electrons. The zero-order valence-corrected chi connectivity index (χ0v) is 14.9. The number of aromatic amines is 1. The monoisotopic (exact) mass is 356 g/mol. The molecule has 3 N–H and O–H groups in total. The number of hydrogen-bond donors (Lipinski definition) is 3. The van der Waals surface area contributed by atoms with Crippen molar-refractivity contribution >= 4 is 13.2 Å². The summed E-state index contributed by atoms with van der Waals surface area (Å²) in [7, 11) is 0. The number of aromatic nitrogens is 2. The fraction of sp³-hybridized carbons (Fsp3) is 0.562. The highest BCUT2D eigenvalue weighted by atomic mass is 31.2. The smallest absolute Gasteiger partial charge is 0.330 e. The Morgan fingerprint density at radius 2 is 2.04 bits per heavy atom. The average Bonchev–Trinajstić information content (AvgIpc) is 2.75. The van der Waals surface area contributed by atoms with Gasteiger partial charge >= 0.3 is 5.69 Å². The maximum Gasteiger partial charge on any atom is 0.330 e. The van der Waals surface area contributed by atoms with E-state index in [0.717, 1.165) is 10.7 Å². The summed E-state index contributed by atoms with van der Waals surface area (Å²) in [6.45, 7) is 6.44. The van der Waals surface area contributed by atoms with Crippen LogP contribution < -0.4 is 11.2 Å². The normalized spacial score (nSPS) is 27.3. The fourth-order valence-electron chi connectivity index (χ4n) is 2.69. The Bertz CT molecular complexity index is 762. The number of aliphatic hydroxyl groups excluding tert-OH is 2. The number of nitrogens with zero attached hydrogens (tertiary/aromatic N) is 1. The third-order valence-electron chi connectivity index (χ3n) is 4.04. The van der Waals surface area contributed by atoms with Gasteiger partial charge in [-0.3, -0.25) is 14.3 Å². The summed E-state index contributed by atoms with van der Waals surface area (Å²) >= 11 is 0. The van der Waals surface area contributed by atoms with Crippen LogP contribution in [-0.2, 0) is 11.2 Å². The van der Waals surface area contributed by atoms with E-state index in [2.05, 4.69) is 31.2 Å². The predicted molar refractivity (Wildman–Crippen MR) is 96.5 cm³/mol. The van der Waals surface area contributed by atoms with Crippen molar-refractivity contribution in [1.29, 1.82) is 0 Å². The summed E-state index contributed by atoms with van der Waals surface area (Å²) in [5.74, 6) is 0. The van der Waals surface area contributed by atoms with Crippen molar-refractivity contribution in [2.45, 2.75) is 37.4 Å². The van der Waals surface area contributed by atoms with Crippen LogP contribution in [0.25, 0.3) is 0 Å². The lowest BCUT2D eigenvalue weighted by molar-refractivity contribution is -0.0403. The second-order valence-corrected chi connectivity index (χ2v) is 11.1. The number of H-pyrrole nitrogens is 1. The van der Waals surface area contributed by atoms with Gasteiger partial charge in [-0.25, -0.2) is 4.79 Å². The second kappa shape index (κ2) is 7.23. The molecule has 1 saturated heterocycles. The van der Waals surface area contributed by atoms with Crippen molar-refractivity contribution in [3.63, 3.8) is 0 Å². The van der Waals surface area contributed by atoms with E-state index in [1.165, 1.54) is 6.20 Å². The van der Waals surface area contributed by atoms with Gasteiger partial charge in [0, 0.05) is 11.8 Å². The molecule has 0 bridgehead atoms. The maximum absolute atomic E-state index is 12.1. The molecule has 0 amide bonds. The lowest BCUT2D eigenvalue weighted by Crippen LogP contribution is -2.38. The molecule has 8 heteroatoms. The van der Waals surface area contributed by atoms with Crippen molar-refractivity contribution in [3.05, 3.63) is 45.3 Å². The first kappa shape index (κ1) is 18.9. The fourth-order valence-corrected chi connectivity index (χ4v) is 3.64. The molecule has 0 radical (unpaired) electrons.